The van der Waals surface area contributed by atoms with Crippen molar-refractivity contribution >= 4 is 29.0 Å². The van der Waals surface area contributed by atoms with E-state index in [4.69, 9.17) is 0 Å². The van der Waals surface area contributed by atoms with Gasteiger partial charge in [0.2, 0.25) is 5.01 Å². The molecule has 0 bridgehead atoms. The van der Waals surface area contributed by atoms with Gasteiger partial charge in [0.1, 0.15) is 11.5 Å². The standard InChI is InChI=1S/C21H21F5N4O3S/c1-10-7-20(22,23)9-30(10)17(31)14-15(34-16(28-14)18(32)33)11-8-27-13(6-12(11)21(24,25)26)29-19(2)4-3-5-19/h6,8,10H,3-5,7,9H2,1-2H3,(H,27,29)(H,32,33)/t10-/m0/s1. The molecule has 1 amide bonds. The van der Waals surface area contributed by atoms with Crippen LogP contribution in [0.3, 0.4) is 0 Å². The molecule has 34 heavy (non-hydrogen) atoms. The van der Waals surface area contributed by atoms with E-state index in [1.54, 1.807) is 0 Å². The van der Waals surface area contributed by atoms with Crippen molar-refractivity contribution in [1.82, 2.24) is 14.9 Å². The topological polar surface area (TPSA) is 95.4 Å². The number of carboxylic acids is 1. The molecule has 1 aliphatic heterocycles. The number of amides is 1. The summed E-state index contributed by atoms with van der Waals surface area (Å²) in [5.74, 6) is -5.78. The summed E-state index contributed by atoms with van der Waals surface area (Å²) in [6.07, 6.45) is -2.09. The number of hydrogen-bond acceptors (Lipinski definition) is 6. The second-order valence-electron chi connectivity index (χ2n) is 9.00. The van der Waals surface area contributed by atoms with Crippen LogP contribution in [0.25, 0.3) is 10.4 Å². The van der Waals surface area contributed by atoms with E-state index < -0.39 is 64.8 Å². The zero-order chi connectivity index (χ0) is 25.1. The Bertz CT molecular complexity index is 1150. The summed E-state index contributed by atoms with van der Waals surface area (Å²) in [5, 5.41) is 11.7. The number of aromatic nitrogens is 2. The summed E-state index contributed by atoms with van der Waals surface area (Å²) in [4.78, 5) is 32.8. The maximum Gasteiger partial charge on any atom is 0.417 e. The maximum absolute atomic E-state index is 14.0. The van der Waals surface area contributed by atoms with E-state index in [0.717, 1.165) is 36.4 Å². The zero-order valence-electron chi connectivity index (χ0n) is 18.2. The summed E-state index contributed by atoms with van der Waals surface area (Å²) < 4.78 is 69.8. The van der Waals surface area contributed by atoms with E-state index in [2.05, 4.69) is 15.3 Å². The monoisotopic (exact) mass is 504 g/mol. The van der Waals surface area contributed by atoms with E-state index in [-0.39, 0.29) is 16.2 Å². The lowest BCUT2D eigenvalue weighted by atomic mass is 9.78. The molecular weight excluding hydrogens is 483 g/mol. The predicted octanol–water partition coefficient (Wildman–Crippen LogP) is 5.15. The smallest absolute Gasteiger partial charge is 0.417 e. The average molecular weight is 504 g/mol. The Labute approximate surface area is 195 Å². The molecule has 2 fully saturated rings. The highest BCUT2D eigenvalue weighted by molar-refractivity contribution is 7.17. The number of rotatable bonds is 5. The number of carbonyl (C=O) groups excluding carboxylic acids is 1. The third-order valence-electron chi connectivity index (χ3n) is 6.14. The van der Waals surface area contributed by atoms with Crippen molar-refractivity contribution in [2.24, 2.45) is 0 Å². The third kappa shape index (κ3) is 4.57. The predicted molar refractivity (Wildman–Crippen MR) is 113 cm³/mol. The quantitative estimate of drug-likeness (QED) is 0.547. The van der Waals surface area contributed by atoms with E-state index >= 15 is 0 Å². The van der Waals surface area contributed by atoms with Gasteiger partial charge in [0.05, 0.1) is 17.0 Å². The highest BCUT2D eigenvalue weighted by atomic mass is 32.1. The Morgan fingerprint density at radius 3 is 2.47 bits per heavy atom. The minimum atomic E-state index is -4.86. The number of carboxylic acid groups (broad SMARTS) is 1. The lowest BCUT2D eigenvalue weighted by molar-refractivity contribution is -0.137. The van der Waals surface area contributed by atoms with Crippen molar-refractivity contribution in [2.45, 2.75) is 63.2 Å². The highest BCUT2D eigenvalue weighted by Crippen LogP contribution is 2.43. The number of pyridine rings is 1. The number of nitrogens with one attached hydrogen (secondary N) is 1. The molecule has 0 aromatic carbocycles. The first-order chi connectivity index (χ1) is 15.7. The SMILES string of the molecule is C[C@H]1CC(F)(F)CN1C(=O)c1nc(C(=O)O)sc1-c1cnc(NC2(C)CCC2)cc1C(F)(F)F. The second kappa shape index (κ2) is 8.14. The first kappa shape index (κ1) is 24.3. The fourth-order valence-corrected chi connectivity index (χ4v) is 5.16. The van der Waals surface area contributed by atoms with Gasteiger partial charge in [0, 0.05) is 29.8 Å². The zero-order valence-corrected chi connectivity index (χ0v) is 19.0. The molecular formula is C21H21F5N4O3S. The highest BCUT2D eigenvalue weighted by Gasteiger charge is 2.46. The number of anilines is 1. The van der Waals surface area contributed by atoms with Crippen molar-refractivity contribution in [2.75, 3.05) is 11.9 Å². The molecule has 184 valence electrons. The number of carbonyl (C=O) groups is 2. The van der Waals surface area contributed by atoms with Gasteiger partial charge in [-0.15, -0.1) is 11.3 Å². The van der Waals surface area contributed by atoms with E-state index in [1.807, 2.05) is 6.92 Å². The Hall–Kier alpha value is -2.83. The molecule has 2 aliphatic rings. The van der Waals surface area contributed by atoms with Crippen molar-refractivity contribution in [3.63, 3.8) is 0 Å². The van der Waals surface area contributed by atoms with Gasteiger partial charge in [0.15, 0.2) is 0 Å². The molecule has 4 rings (SSSR count). The Morgan fingerprint density at radius 2 is 1.97 bits per heavy atom. The summed E-state index contributed by atoms with van der Waals surface area (Å²) in [6.45, 7) is 2.32. The molecule has 2 N–H and O–H groups in total. The average Bonchev–Trinajstić information content (AvgIpc) is 3.26. The molecule has 1 saturated carbocycles. The summed E-state index contributed by atoms with van der Waals surface area (Å²) in [6, 6.07) is -0.0970. The number of likely N-dealkylation sites (tertiary alicyclic amines) is 1. The minimum Gasteiger partial charge on any atom is -0.476 e. The van der Waals surface area contributed by atoms with E-state index in [9.17, 15) is 36.6 Å². The van der Waals surface area contributed by atoms with Crippen LogP contribution in [0.1, 0.15) is 65.4 Å². The molecule has 2 aromatic rings. The van der Waals surface area contributed by atoms with Crippen LogP contribution >= 0.6 is 11.3 Å². The Morgan fingerprint density at radius 1 is 1.29 bits per heavy atom. The molecule has 0 spiro atoms. The summed E-state index contributed by atoms with van der Waals surface area (Å²) >= 11 is 0.368. The van der Waals surface area contributed by atoms with Crippen LogP contribution in [0.15, 0.2) is 12.3 Å². The van der Waals surface area contributed by atoms with Crippen LogP contribution < -0.4 is 5.32 Å². The minimum absolute atomic E-state index is 0.0121. The maximum atomic E-state index is 14.0. The van der Waals surface area contributed by atoms with Crippen LogP contribution in [-0.2, 0) is 6.18 Å². The lowest BCUT2D eigenvalue weighted by Gasteiger charge is -2.39. The molecule has 3 heterocycles. The molecule has 0 unspecified atom stereocenters. The summed E-state index contributed by atoms with van der Waals surface area (Å²) in [7, 11) is 0. The van der Waals surface area contributed by atoms with Gasteiger partial charge in [-0.1, -0.05) is 0 Å². The largest absolute Gasteiger partial charge is 0.476 e. The number of nitrogens with zero attached hydrogens (tertiary/aromatic N) is 3. The van der Waals surface area contributed by atoms with Gasteiger partial charge >= 0.3 is 12.1 Å². The molecule has 7 nitrogen and oxygen atoms in total. The number of halogens is 5. The van der Waals surface area contributed by atoms with Gasteiger partial charge in [-0.05, 0) is 39.2 Å². The first-order valence-corrected chi connectivity index (χ1v) is 11.3. The van der Waals surface area contributed by atoms with Crippen LogP contribution in [0, 0.1) is 0 Å². The fourth-order valence-electron chi connectivity index (χ4n) is 4.24. The molecule has 1 aliphatic carbocycles. The van der Waals surface area contributed by atoms with Crippen LogP contribution in [0.5, 0.6) is 0 Å². The van der Waals surface area contributed by atoms with Crippen molar-refractivity contribution in [3.8, 4) is 10.4 Å². The van der Waals surface area contributed by atoms with Crippen molar-refractivity contribution in [1.29, 1.82) is 0 Å². The number of thiazole rings is 1. The van der Waals surface area contributed by atoms with E-state index in [0.29, 0.717) is 11.3 Å². The number of alkyl halides is 5. The van der Waals surface area contributed by atoms with E-state index in [1.165, 1.54) is 6.92 Å². The fraction of sp³-hybridized carbons (Fsp3) is 0.524. The van der Waals surface area contributed by atoms with Gasteiger partial charge in [-0.25, -0.2) is 23.5 Å². The molecule has 0 radical (unpaired) electrons. The van der Waals surface area contributed by atoms with Gasteiger partial charge in [-0.2, -0.15) is 13.2 Å². The second-order valence-corrected chi connectivity index (χ2v) is 10.00. The van der Waals surface area contributed by atoms with Gasteiger partial charge < -0.3 is 15.3 Å². The number of hydrogen-bond donors (Lipinski definition) is 2. The third-order valence-corrected chi connectivity index (χ3v) is 7.22. The Balaban J connectivity index is 1.80. The lowest BCUT2D eigenvalue weighted by Crippen LogP contribution is -2.41. The van der Waals surface area contributed by atoms with Crippen LogP contribution in [0.4, 0.5) is 27.8 Å². The van der Waals surface area contributed by atoms with Crippen LogP contribution in [0.2, 0.25) is 0 Å². The molecule has 1 saturated heterocycles. The Kier molecular flexibility index (Phi) is 5.82. The molecule has 13 heteroatoms. The van der Waals surface area contributed by atoms with Gasteiger partial charge in [-0.3, -0.25) is 4.79 Å². The van der Waals surface area contributed by atoms with Crippen molar-refractivity contribution in [3.05, 3.63) is 28.5 Å². The van der Waals surface area contributed by atoms with Crippen LogP contribution in [-0.4, -0.2) is 55.9 Å². The molecule has 2 aromatic heterocycles. The summed E-state index contributed by atoms with van der Waals surface area (Å²) in [5.41, 5.74) is -2.67. The van der Waals surface area contributed by atoms with Crippen molar-refractivity contribution < 1.29 is 36.6 Å². The normalized spacial score (nSPS) is 21.3. The first-order valence-electron chi connectivity index (χ1n) is 10.5. The molecule has 1 atom stereocenters. The van der Waals surface area contributed by atoms with Gasteiger partial charge in [0.25, 0.3) is 11.8 Å². The number of aromatic carboxylic acids is 1.